The van der Waals surface area contributed by atoms with Crippen molar-refractivity contribution in [3.63, 3.8) is 0 Å². The molecule has 1 fully saturated rings. The van der Waals surface area contributed by atoms with E-state index in [1.165, 1.54) is 308 Å². The molecular weight excluding hydrogens is 1150 g/mol. The zero-order valence-corrected chi connectivity index (χ0v) is 60.3. The summed E-state index contributed by atoms with van der Waals surface area (Å²) in [5, 5.41) is 54.4. The van der Waals surface area contributed by atoms with Gasteiger partial charge in [0.05, 0.1) is 32.0 Å². The van der Waals surface area contributed by atoms with Crippen LogP contribution in [0.15, 0.2) is 48.6 Å². The third kappa shape index (κ3) is 57.8. The number of hydrogen-bond acceptors (Lipinski definition) is 10. The zero-order chi connectivity index (χ0) is 66.5. The zero-order valence-electron chi connectivity index (χ0n) is 60.3. The van der Waals surface area contributed by atoms with Gasteiger partial charge in [-0.1, -0.05) is 351 Å². The van der Waals surface area contributed by atoms with Gasteiger partial charge in [0, 0.05) is 12.8 Å². The van der Waals surface area contributed by atoms with E-state index in [1.54, 1.807) is 6.08 Å². The van der Waals surface area contributed by atoms with Gasteiger partial charge in [-0.15, -0.1) is 0 Å². The molecule has 0 aromatic carbocycles. The van der Waals surface area contributed by atoms with E-state index < -0.39 is 49.5 Å². The van der Waals surface area contributed by atoms with Crippen LogP contribution in [0.2, 0.25) is 0 Å². The molecule has 7 atom stereocenters. The molecule has 0 radical (unpaired) electrons. The molecule has 0 aromatic rings. The van der Waals surface area contributed by atoms with Gasteiger partial charge in [-0.25, -0.2) is 0 Å². The van der Waals surface area contributed by atoms with Crippen molar-refractivity contribution >= 4 is 11.9 Å². The number of rotatable bonds is 71. The summed E-state index contributed by atoms with van der Waals surface area (Å²) in [6.45, 7) is 4.35. The number of ether oxygens (including phenoxy) is 3. The van der Waals surface area contributed by atoms with Crippen LogP contribution in [0.5, 0.6) is 0 Å². The minimum Gasteiger partial charge on any atom is -0.466 e. The van der Waals surface area contributed by atoms with Gasteiger partial charge in [0.2, 0.25) is 5.91 Å². The predicted molar refractivity (Wildman–Crippen MR) is 389 cm³/mol. The maximum Gasteiger partial charge on any atom is 0.305 e. The van der Waals surface area contributed by atoms with Crippen LogP contribution >= 0.6 is 0 Å². The Bertz CT molecular complexity index is 1670. The van der Waals surface area contributed by atoms with Crippen LogP contribution in [0.3, 0.4) is 0 Å². The summed E-state index contributed by atoms with van der Waals surface area (Å²) in [4.78, 5) is 25.1. The Labute approximate surface area is 567 Å². The number of carbonyl (C=O) groups is 2. The fraction of sp³-hybridized carbons (Fsp3) is 0.877. The number of carbonyl (C=O) groups excluding carboxylic acids is 2. The molecule has 0 aliphatic carbocycles. The maximum atomic E-state index is 13.1. The van der Waals surface area contributed by atoms with Crippen molar-refractivity contribution in [2.45, 2.75) is 436 Å². The van der Waals surface area contributed by atoms with Gasteiger partial charge < -0.3 is 45.1 Å². The molecule has 0 spiro atoms. The molecule has 11 heteroatoms. The van der Waals surface area contributed by atoms with Crippen LogP contribution in [0.4, 0.5) is 0 Å². The van der Waals surface area contributed by atoms with Crippen molar-refractivity contribution in [1.29, 1.82) is 0 Å². The number of nitrogens with one attached hydrogen (secondary N) is 1. The lowest BCUT2D eigenvalue weighted by atomic mass is 9.99. The largest absolute Gasteiger partial charge is 0.466 e. The van der Waals surface area contributed by atoms with E-state index in [0.29, 0.717) is 19.4 Å². The first-order valence-corrected chi connectivity index (χ1v) is 39.9. The fourth-order valence-corrected chi connectivity index (χ4v) is 12.7. The quantitative estimate of drug-likeness (QED) is 0.0195. The Morgan fingerprint density at radius 1 is 0.402 bits per heavy atom. The van der Waals surface area contributed by atoms with Crippen LogP contribution < -0.4 is 5.32 Å². The van der Waals surface area contributed by atoms with Gasteiger partial charge >= 0.3 is 5.97 Å². The monoisotopic (exact) mass is 1300 g/mol. The third-order valence-electron chi connectivity index (χ3n) is 18.9. The van der Waals surface area contributed by atoms with Gasteiger partial charge in [-0.05, 0) is 77.0 Å². The number of aliphatic hydroxyl groups is 5. The van der Waals surface area contributed by atoms with Crippen LogP contribution in [0, 0.1) is 0 Å². The molecule has 1 rings (SSSR count). The first kappa shape index (κ1) is 87.6. The SMILES string of the molecule is CCCCCCC/C=C/CC/C=C/C(O)C(COC1OC(CO)C(O)C(O)C1O)NC(=O)CCCCCCCCCCCCCCCCCCC/C=C\C/C=C\CCCCCCCCCCCCCCCCCOC(=O)CCCCCCCCCCCCCCCC. The predicted octanol–water partition coefficient (Wildman–Crippen LogP) is 21.5. The minimum atomic E-state index is -1.58. The highest BCUT2D eigenvalue weighted by atomic mass is 16.7. The Balaban J connectivity index is 1.89. The van der Waals surface area contributed by atoms with Crippen molar-refractivity contribution in [2.75, 3.05) is 19.8 Å². The van der Waals surface area contributed by atoms with Gasteiger partial charge in [0.1, 0.15) is 24.4 Å². The molecule has 7 unspecified atom stereocenters. The summed E-state index contributed by atoms with van der Waals surface area (Å²) >= 11 is 0. The molecule has 1 heterocycles. The lowest BCUT2D eigenvalue weighted by Crippen LogP contribution is -2.60. The number of unbranched alkanes of at least 4 members (excludes halogenated alkanes) is 51. The summed E-state index contributed by atoms with van der Waals surface area (Å²) in [7, 11) is 0. The average Bonchev–Trinajstić information content (AvgIpc) is 1.22. The number of hydrogen-bond donors (Lipinski definition) is 6. The average molecular weight is 1300 g/mol. The summed E-state index contributed by atoms with van der Waals surface area (Å²) < 4.78 is 16.7. The molecular formula is C81H151NO10. The van der Waals surface area contributed by atoms with Crippen molar-refractivity contribution < 1.29 is 49.3 Å². The van der Waals surface area contributed by atoms with Crippen LogP contribution in [0.25, 0.3) is 0 Å². The molecule has 0 aromatic heterocycles. The highest BCUT2D eigenvalue weighted by Crippen LogP contribution is 2.24. The number of allylic oxidation sites excluding steroid dienone is 7. The van der Waals surface area contributed by atoms with E-state index in [-0.39, 0.29) is 18.5 Å². The van der Waals surface area contributed by atoms with E-state index in [1.807, 2.05) is 6.08 Å². The lowest BCUT2D eigenvalue weighted by Gasteiger charge is -2.40. The molecule has 1 saturated heterocycles. The van der Waals surface area contributed by atoms with Gasteiger partial charge in [0.15, 0.2) is 6.29 Å². The molecule has 0 saturated carbocycles. The number of amides is 1. The summed E-state index contributed by atoms with van der Waals surface area (Å²) in [6.07, 6.45) is 83.0. The third-order valence-corrected chi connectivity index (χ3v) is 18.9. The van der Waals surface area contributed by atoms with E-state index >= 15 is 0 Å². The molecule has 6 N–H and O–H groups in total. The van der Waals surface area contributed by atoms with Crippen molar-refractivity contribution in [3.8, 4) is 0 Å². The van der Waals surface area contributed by atoms with Gasteiger partial charge in [-0.3, -0.25) is 9.59 Å². The van der Waals surface area contributed by atoms with Gasteiger partial charge in [0.25, 0.3) is 0 Å². The van der Waals surface area contributed by atoms with Crippen LogP contribution in [-0.4, -0.2) is 100 Å². The van der Waals surface area contributed by atoms with Crippen LogP contribution in [-0.2, 0) is 23.8 Å². The smallest absolute Gasteiger partial charge is 0.305 e. The second-order valence-corrected chi connectivity index (χ2v) is 27.8. The summed E-state index contributed by atoms with van der Waals surface area (Å²) in [5.41, 5.74) is 0. The molecule has 92 heavy (non-hydrogen) atoms. The van der Waals surface area contributed by atoms with Crippen molar-refractivity contribution in [3.05, 3.63) is 48.6 Å². The second kappa shape index (κ2) is 70.0. The topological polar surface area (TPSA) is 175 Å². The Kier molecular flexibility index (Phi) is 66.6. The number of esters is 1. The highest BCUT2D eigenvalue weighted by molar-refractivity contribution is 5.76. The van der Waals surface area contributed by atoms with Gasteiger partial charge in [-0.2, -0.15) is 0 Å². The lowest BCUT2D eigenvalue weighted by molar-refractivity contribution is -0.302. The molecule has 1 aliphatic rings. The number of aliphatic hydroxyl groups excluding tert-OH is 5. The molecule has 11 nitrogen and oxygen atoms in total. The van der Waals surface area contributed by atoms with E-state index in [4.69, 9.17) is 14.2 Å². The Morgan fingerprint density at radius 2 is 0.739 bits per heavy atom. The molecule has 1 aliphatic heterocycles. The molecule has 1 amide bonds. The normalized spacial score (nSPS) is 17.8. The Morgan fingerprint density at radius 3 is 1.14 bits per heavy atom. The highest BCUT2D eigenvalue weighted by Gasteiger charge is 2.44. The molecule has 0 bridgehead atoms. The minimum absolute atomic E-state index is 0.0171. The standard InChI is InChI=1S/C81H151NO10/c1-3-5-7-9-11-13-15-16-45-49-53-57-61-65-69-77(86)90-70-66-62-58-54-50-46-43-41-39-37-35-33-31-29-27-25-23-21-19-17-18-20-22-24-26-28-30-32-34-36-38-40-42-44-48-52-56-60-64-68-76(85)82-73(72-91-81-80(89)79(88)78(87)75(71-83)92-81)74(84)67-63-59-55-51-47-14-12-10-8-6-4-2/h17-18,21,23,47,51,63,67,73-75,78-81,83-84,87-89H,3-16,19-20,22,24-46,48-50,52-62,64-66,68-72H2,1-2H3,(H,82,85)/b18-17-,23-21-,51-47+,67-63+. The van der Waals surface area contributed by atoms with E-state index in [0.717, 1.165) is 57.8 Å². The fourth-order valence-electron chi connectivity index (χ4n) is 12.7. The van der Waals surface area contributed by atoms with Crippen LogP contribution in [0.1, 0.15) is 393 Å². The van der Waals surface area contributed by atoms with E-state index in [9.17, 15) is 35.1 Å². The summed E-state index contributed by atoms with van der Waals surface area (Å²) in [5.74, 6) is -0.171. The van der Waals surface area contributed by atoms with E-state index in [2.05, 4.69) is 55.6 Å². The Hall–Kier alpha value is -2.38. The maximum absolute atomic E-state index is 13.1. The first-order valence-electron chi connectivity index (χ1n) is 39.9. The summed E-state index contributed by atoms with van der Waals surface area (Å²) in [6, 6.07) is -0.825. The van der Waals surface area contributed by atoms with Crippen molar-refractivity contribution in [1.82, 2.24) is 5.32 Å². The molecule has 540 valence electrons. The first-order chi connectivity index (χ1) is 45.2. The second-order valence-electron chi connectivity index (χ2n) is 27.8. The van der Waals surface area contributed by atoms with Crippen molar-refractivity contribution in [2.24, 2.45) is 0 Å².